The number of nitrogen functional groups attached to an aromatic ring is 1. The average molecular weight is 463 g/mol. The second-order valence-corrected chi connectivity index (χ2v) is 8.33. The smallest absolute Gasteiger partial charge is 0.341 e. The van der Waals surface area contributed by atoms with Crippen molar-refractivity contribution in [3.8, 4) is 5.69 Å². The molecule has 10 heteroatoms. The highest BCUT2D eigenvalue weighted by Crippen LogP contribution is 2.32. The molecule has 1 aliphatic heterocycles. The van der Waals surface area contributed by atoms with E-state index in [1.54, 1.807) is 16.8 Å². The molecule has 0 saturated carbocycles. The first-order chi connectivity index (χ1) is 15.8. The Balaban J connectivity index is 1.75. The van der Waals surface area contributed by atoms with Gasteiger partial charge in [0.05, 0.1) is 22.3 Å². The second-order valence-electron chi connectivity index (χ2n) is 7.92. The number of hydrogen-bond donors (Lipinski definition) is 2. The number of pyridine rings is 4. The van der Waals surface area contributed by atoms with Crippen LogP contribution in [0.4, 0.5) is 11.6 Å². The summed E-state index contributed by atoms with van der Waals surface area (Å²) in [5, 5.41) is 10.00. The summed E-state index contributed by atoms with van der Waals surface area (Å²) in [5.74, 6) is -0.495. The molecule has 0 spiro atoms. The van der Waals surface area contributed by atoms with Crippen LogP contribution in [0.15, 0.2) is 47.8 Å². The maximum absolute atomic E-state index is 12.9. The van der Waals surface area contributed by atoms with E-state index in [4.69, 9.17) is 22.3 Å². The highest BCUT2D eigenvalue weighted by molar-refractivity contribution is 6.33. The number of aromatic carboxylic acids is 1. The van der Waals surface area contributed by atoms with Crippen LogP contribution in [-0.4, -0.2) is 37.1 Å². The lowest BCUT2D eigenvalue weighted by molar-refractivity contribution is 0.0695. The van der Waals surface area contributed by atoms with Crippen LogP contribution in [0.5, 0.6) is 0 Å². The molecule has 4 aromatic rings. The Morgan fingerprint density at radius 1 is 1.24 bits per heavy atom. The predicted molar refractivity (Wildman–Crippen MR) is 125 cm³/mol. The fourth-order valence-corrected chi connectivity index (χ4v) is 4.43. The molecule has 0 bridgehead atoms. The van der Waals surface area contributed by atoms with Crippen LogP contribution in [0, 0.1) is 6.92 Å². The molecule has 0 amide bonds. The Kier molecular flexibility index (Phi) is 4.98. The van der Waals surface area contributed by atoms with E-state index < -0.39 is 11.4 Å². The molecule has 0 radical (unpaired) electrons. The van der Waals surface area contributed by atoms with E-state index in [-0.39, 0.29) is 21.6 Å². The van der Waals surface area contributed by atoms with Gasteiger partial charge in [-0.25, -0.2) is 14.8 Å². The zero-order valence-electron chi connectivity index (χ0n) is 17.6. The van der Waals surface area contributed by atoms with Crippen LogP contribution in [0.3, 0.4) is 0 Å². The predicted octanol–water partition coefficient (Wildman–Crippen LogP) is 2.98. The van der Waals surface area contributed by atoms with E-state index in [9.17, 15) is 14.7 Å². The number of hydrogen-bond acceptors (Lipinski definition) is 7. The number of rotatable bonds is 3. The van der Waals surface area contributed by atoms with Crippen LogP contribution in [0.1, 0.15) is 27.0 Å². The van der Waals surface area contributed by atoms with Crippen molar-refractivity contribution in [2.45, 2.75) is 19.9 Å². The van der Waals surface area contributed by atoms with Crippen molar-refractivity contribution in [1.82, 2.24) is 19.5 Å². The van der Waals surface area contributed by atoms with Gasteiger partial charge in [-0.05, 0) is 48.2 Å². The number of fused-ring (bicyclic) bond motifs is 2. The summed E-state index contributed by atoms with van der Waals surface area (Å²) in [6, 6.07) is 5.17. The molecule has 5 rings (SSSR count). The Morgan fingerprint density at radius 3 is 2.82 bits per heavy atom. The molecule has 5 heterocycles. The van der Waals surface area contributed by atoms with Crippen LogP contribution in [-0.2, 0) is 13.0 Å². The Bertz CT molecular complexity index is 1500. The highest BCUT2D eigenvalue weighted by atomic mass is 35.5. The zero-order chi connectivity index (χ0) is 23.3. The average Bonchev–Trinajstić information content (AvgIpc) is 2.79. The maximum Gasteiger partial charge on any atom is 0.341 e. The van der Waals surface area contributed by atoms with Crippen LogP contribution < -0.4 is 16.1 Å². The molecule has 166 valence electrons. The molecule has 0 saturated heterocycles. The Labute approximate surface area is 193 Å². The van der Waals surface area contributed by atoms with Gasteiger partial charge < -0.3 is 15.7 Å². The summed E-state index contributed by atoms with van der Waals surface area (Å²) >= 11 is 6.57. The first kappa shape index (κ1) is 20.9. The van der Waals surface area contributed by atoms with Gasteiger partial charge in [-0.3, -0.25) is 14.3 Å². The van der Waals surface area contributed by atoms with Crippen LogP contribution >= 0.6 is 11.6 Å². The number of aryl methyl sites for hydroxylation is 1. The van der Waals surface area contributed by atoms with Gasteiger partial charge in [-0.1, -0.05) is 11.6 Å². The van der Waals surface area contributed by atoms with E-state index in [1.165, 1.54) is 24.0 Å². The van der Waals surface area contributed by atoms with Gasteiger partial charge in [0.2, 0.25) is 5.43 Å². The minimum Gasteiger partial charge on any atom is -0.477 e. The van der Waals surface area contributed by atoms with E-state index in [1.807, 2.05) is 24.1 Å². The molecular formula is C23H19ClN6O3. The topological polar surface area (TPSA) is 127 Å². The highest BCUT2D eigenvalue weighted by Gasteiger charge is 2.23. The lowest BCUT2D eigenvalue weighted by Crippen LogP contribution is -2.31. The van der Waals surface area contributed by atoms with Gasteiger partial charge in [0, 0.05) is 31.7 Å². The molecule has 3 N–H and O–H groups in total. The van der Waals surface area contributed by atoms with Crippen molar-refractivity contribution in [3.05, 3.63) is 80.5 Å². The summed E-state index contributed by atoms with van der Waals surface area (Å²) < 4.78 is 1.56. The van der Waals surface area contributed by atoms with Crippen LogP contribution in [0.25, 0.3) is 16.7 Å². The zero-order valence-corrected chi connectivity index (χ0v) is 18.4. The molecule has 0 fully saturated rings. The third kappa shape index (κ3) is 3.56. The van der Waals surface area contributed by atoms with E-state index in [2.05, 4.69) is 9.97 Å². The van der Waals surface area contributed by atoms with Gasteiger partial charge in [0.1, 0.15) is 17.2 Å². The molecule has 0 unspecified atom stereocenters. The number of nitrogens with two attached hydrogens (primary N) is 1. The fourth-order valence-electron chi connectivity index (χ4n) is 4.16. The van der Waals surface area contributed by atoms with Crippen molar-refractivity contribution in [2.75, 3.05) is 17.2 Å². The number of nitrogens with zero attached hydrogens (tertiary/aromatic N) is 5. The number of anilines is 2. The SMILES string of the molecule is Cc1cc(N)ncc1-n1cc(C(=O)O)c(=O)c2cc(Cl)c(N3CCc4ccncc4C3)nc21. The molecule has 4 aromatic heterocycles. The first-order valence-electron chi connectivity index (χ1n) is 10.2. The molecule has 1 aliphatic rings. The number of carboxylic acid groups (broad SMARTS) is 1. The molecule has 0 aromatic carbocycles. The van der Waals surface area contributed by atoms with Crippen molar-refractivity contribution < 1.29 is 9.90 Å². The molecule has 0 atom stereocenters. The second kappa shape index (κ2) is 7.86. The Hall–Kier alpha value is -3.98. The summed E-state index contributed by atoms with van der Waals surface area (Å²) in [4.78, 5) is 39.9. The summed E-state index contributed by atoms with van der Waals surface area (Å²) in [6.45, 7) is 3.08. The first-order valence-corrected chi connectivity index (χ1v) is 10.6. The van der Waals surface area contributed by atoms with Crippen molar-refractivity contribution in [3.63, 3.8) is 0 Å². The van der Waals surface area contributed by atoms with Crippen molar-refractivity contribution >= 4 is 40.2 Å². The Morgan fingerprint density at radius 2 is 2.06 bits per heavy atom. The van der Waals surface area contributed by atoms with E-state index in [0.29, 0.717) is 30.4 Å². The number of carbonyl (C=O) groups is 1. The van der Waals surface area contributed by atoms with Gasteiger partial charge >= 0.3 is 5.97 Å². The maximum atomic E-state index is 12.9. The molecule has 33 heavy (non-hydrogen) atoms. The molecular weight excluding hydrogens is 444 g/mol. The summed E-state index contributed by atoms with van der Waals surface area (Å²) in [6.07, 6.45) is 7.21. The minimum atomic E-state index is -1.34. The van der Waals surface area contributed by atoms with E-state index >= 15 is 0 Å². The largest absolute Gasteiger partial charge is 0.477 e. The van der Waals surface area contributed by atoms with Gasteiger partial charge in [-0.2, -0.15) is 0 Å². The van der Waals surface area contributed by atoms with Crippen molar-refractivity contribution in [1.29, 1.82) is 0 Å². The number of aromatic nitrogens is 4. The number of halogens is 1. The quantitative estimate of drug-likeness (QED) is 0.475. The van der Waals surface area contributed by atoms with Gasteiger partial charge in [0.15, 0.2) is 5.65 Å². The third-order valence-electron chi connectivity index (χ3n) is 5.82. The molecule has 9 nitrogen and oxygen atoms in total. The van der Waals surface area contributed by atoms with E-state index in [0.717, 1.165) is 17.5 Å². The monoisotopic (exact) mass is 462 g/mol. The number of carboxylic acids is 1. The lowest BCUT2D eigenvalue weighted by atomic mass is 10.0. The normalized spacial score (nSPS) is 13.2. The minimum absolute atomic E-state index is 0.110. The lowest BCUT2D eigenvalue weighted by Gasteiger charge is -2.30. The summed E-state index contributed by atoms with van der Waals surface area (Å²) in [7, 11) is 0. The molecule has 0 aliphatic carbocycles. The van der Waals surface area contributed by atoms with Gasteiger partial charge in [0.25, 0.3) is 0 Å². The fraction of sp³-hybridized carbons (Fsp3) is 0.174. The third-order valence-corrected chi connectivity index (χ3v) is 6.10. The standard InChI is InChI=1S/C23H19ClN6O3/c1-12-6-19(25)27-9-18(12)30-11-16(23(32)33)20(31)15-7-17(24)22(28-21(15)30)29-5-3-13-2-4-26-8-14(13)10-29/h2,4,6-9,11H,3,5,10H2,1H3,(H2,25,27)(H,32,33). The van der Waals surface area contributed by atoms with Crippen molar-refractivity contribution in [2.24, 2.45) is 0 Å². The van der Waals surface area contributed by atoms with Crippen LogP contribution in [0.2, 0.25) is 5.02 Å². The summed E-state index contributed by atoms with van der Waals surface area (Å²) in [5.41, 5.74) is 8.66. The van der Waals surface area contributed by atoms with Gasteiger partial charge in [-0.15, -0.1) is 0 Å².